The van der Waals surface area contributed by atoms with Crippen LogP contribution in [0, 0.1) is 11.5 Å². The van der Waals surface area contributed by atoms with Crippen LogP contribution in [0.2, 0.25) is 0 Å². The molecule has 0 saturated carbocycles. The molecular weight excluding hydrogens is 488 g/mol. The average molecular weight is 519 g/mol. The Morgan fingerprint density at radius 3 is 2.66 bits per heavy atom. The highest BCUT2D eigenvalue weighted by Gasteiger charge is 2.19. The summed E-state index contributed by atoms with van der Waals surface area (Å²) in [5, 5.41) is 26.6. The highest BCUT2D eigenvalue weighted by atomic mass is 16.5. The minimum Gasteiger partial charge on any atom is -0.496 e. The van der Waals surface area contributed by atoms with E-state index in [1.807, 2.05) is 29.3 Å². The number of hydrogen-bond donors (Lipinski definition) is 4. The van der Waals surface area contributed by atoms with E-state index < -0.39 is 6.03 Å². The third-order valence-corrected chi connectivity index (χ3v) is 6.01. The van der Waals surface area contributed by atoms with Gasteiger partial charge in [0, 0.05) is 50.2 Å². The van der Waals surface area contributed by atoms with Crippen molar-refractivity contribution < 1.29 is 19.1 Å². The van der Waals surface area contributed by atoms with Gasteiger partial charge in [-0.05, 0) is 29.8 Å². The molecule has 12 heteroatoms. The molecule has 4 rings (SSSR count). The number of ether oxygens (including phenoxy) is 1. The highest BCUT2D eigenvalue weighted by Crippen LogP contribution is 2.32. The molecule has 0 atom stereocenters. The molecule has 2 aromatic carbocycles. The summed E-state index contributed by atoms with van der Waals surface area (Å²) in [6.07, 6.45) is 4.89. The van der Waals surface area contributed by atoms with E-state index in [-0.39, 0.29) is 6.61 Å². The first kappa shape index (κ1) is 26.5. The maximum Gasteiger partial charge on any atom is 0.323 e. The van der Waals surface area contributed by atoms with Gasteiger partial charge in [0.05, 0.1) is 32.0 Å². The van der Waals surface area contributed by atoms with Crippen LogP contribution in [-0.2, 0) is 6.54 Å². The van der Waals surface area contributed by atoms with Gasteiger partial charge in [-0.25, -0.2) is 14.8 Å². The SMILES string of the molecule is COc1cc(NC(=O)Nc2cccc(CN=C(NC#N)N3CCN(CCO)CC3)c2)ccc1-c1cnco1. The summed E-state index contributed by atoms with van der Waals surface area (Å²) in [6, 6.07) is 12.2. The number of aliphatic hydroxyl groups excluding tert-OH is 1. The van der Waals surface area contributed by atoms with E-state index in [1.54, 1.807) is 37.6 Å². The summed E-state index contributed by atoms with van der Waals surface area (Å²) < 4.78 is 10.8. The smallest absolute Gasteiger partial charge is 0.323 e. The molecule has 0 spiro atoms. The number of anilines is 2. The summed E-state index contributed by atoms with van der Waals surface area (Å²) in [5.74, 6) is 1.61. The molecule has 1 aliphatic rings. The van der Waals surface area contributed by atoms with Gasteiger partial charge in [0.15, 0.2) is 18.3 Å². The van der Waals surface area contributed by atoms with Crippen molar-refractivity contribution in [2.24, 2.45) is 4.99 Å². The average Bonchev–Trinajstić information content (AvgIpc) is 3.47. The minimum absolute atomic E-state index is 0.129. The monoisotopic (exact) mass is 518 g/mol. The van der Waals surface area contributed by atoms with Crippen molar-refractivity contribution in [3.05, 3.63) is 60.6 Å². The highest BCUT2D eigenvalue weighted by molar-refractivity contribution is 6.00. The fraction of sp³-hybridized carbons (Fsp3) is 0.308. The molecule has 38 heavy (non-hydrogen) atoms. The molecule has 2 heterocycles. The predicted molar refractivity (Wildman–Crippen MR) is 143 cm³/mol. The van der Waals surface area contributed by atoms with Crippen molar-refractivity contribution in [3.8, 4) is 23.3 Å². The number of methoxy groups -OCH3 is 1. The van der Waals surface area contributed by atoms with E-state index in [0.717, 1.165) is 24.2 Å². The van der Waals surface area contributed by atoms with E-state index in [4.69, 9.17) is 14.3 Å². The number of carbonyl (C=O) groups is 1. The zero-order valence-electron chi connectivity index (χ0n) is 21.1. The standard InChI is InChI=1S/C26H30N8O4/c1-37-23-14-21(5-6-22(23)24-16-28-18-38-24)32-26(36)31-20-4-2-3-19(13-20)15-29-25(30-17-27)34-9-7-33(8-10-34)11-12-35/h2-6,13-14,16,18,35H,7-12,15H2,1H3,(H,29,30)(H2,31,32,36). The maximum atomic E-state index is 12.6. The molecule has 2 amide bonds. The van der Waals surface area contributed by atoms with Crippen molar-refractivity contribution >= 4 is 23.4 Å². The van der Waals surface area contributed by atoms with Crippen molar-refractivity contribution in [2.45, 2.75) is 6.54 Å². The Morgan fingerprint density at radius 1 is 1.18 bits per heavy atom. The number of benzene rings is 2. The summed E-state index contributed by atoms with van der Waals surface area (Å²) in [6.45, 7) is 4.09. The summed E-state index contributed by atoms with van der Waals surface area (Å²) >= 11 is 0. The van der Waals surface area contributed by atoms with Crippen molar-refractivity contribution in [1.29, 1.82) is 5.26 Å². The number of nitrogens with zero attached hydrogens (tertiary/aromatic N) is 5. The maximum absolute atomic E-state index is 12.6. The van der Waals surface area contributed by atoms with Crippen LogP contribution in [0.5, 0.6) is 5.75 Å². The third kappa shape index (κ3) is 7.00. The number of aliphatic imine (C=N–C) groups is 1. The molecule has 1 saturated heterocycles. The fourth-order valence-electron chi connectivity index (χ4n) is 4.12. The molecule has 0 radical (unpaired) electrons. The number of piperazine rings is 1. The largest absolute Gasteiger partial charge is 0.496 e. The summed E-state index contributed by atoms with van der Waals surface area (Å²) in [5.41, 5.74) is 2.75. The molecule has 0 bridgehead atoms. The van der Waals surface area contributed by atoms with Gasteiger partial charge in [0.1, 0.15) is 5.75 Å². The van der Waals surface area contributed by atoms with Crippen LogP contribution in [0.25, 0.3) is 11.3 Å². The number of nitriles is 1. The normalized spacial score (nSPS) is 14.0. The first-order valence-corrected chi connectivity index (χ1v) is 12.1. The molecule has 1 fully saturated rings. The number of oxazole rings is 1. The Balaban J connectivity index is 1.36. The number of urea groups is 1. The second kappa shape index (κ2) is 13.1. The number of hydrogen-bond acceptors (Lipinski definition) is 8. The molecule has 198 valence electrons. The van der Waals surface area contributed by atoms with Crippen molar-refractivity contribution in [1.82, 2.24) is 20.1 Å². The van der Waals surface area contributed by atoms with Gasteiger partial charge in [-0.1, -0.05) is 12.1 Å². The number of aromatic nitrogens is 1. The molecule has 1 aromatic heterocycles. The van der Waals surface area contributed by atoms with E-state index in [1.165, 1.54) is 6.39 Å². The van der Waals surface area contributed by atoms with Crippen LogP contribution >= 0.6 is 0 Å². The Labute approximate surface area is 220 Å². The Bertz CT molecular complexity index is 1280. The van der Waals surface area contributed by atoms with Crippen LogP contribution in [0.1, 0.15) is 5.56 Å². The van der Waals surface area contributed by atoms with Crippen LogP contribution < -0.4 is 20.7 Å². The number of amides is 2. The molecule has 12 nitrogen and oxygen atoms in total. The van der Waals surface area contributed by atoms with Crippen LogP contribution in [0.15, 0.2) is 64.5 Å². The second-order valence-electron chi connectivity index (χ2n) is 8.49. The second-order valence-corrected chi connectivity index (χ2v) is 8.49. The summed E-state index contributed by atoms with van der Waals surface area (Å²) in [7, 11) is 1.54. The topological polar surface area (TPSA) is 151 Å². The quantitative estimate of drug-likeness (QED) is 0.153. The van der Waals surface area contributed by atoms with Gasteiger partial charge in [0.25, 0.3) is 0 Å². The molecule has 1 aliphatic heterocycles. The molecular formula is C26H30N8O4. The van der Waals surface area contributed by atoms with E-state index in [2.05, 4.69) is 30.8 Å². The van der Waals surface area contributed by atoms with Gasteiger partial charge < -0.3 is 29.8 Å². The number of nitrogens with one attached hydrogen (secondary N) is 3. The zero-order chi connectivity index (χ0) is 26.7. The Kier molecular flexibility index (Phi) is 9.12. The van der Waals surface area contributed by atoms with Crippen LogP contribution in [0.3, 0.4) is 0 Å². The van der Waals surface area contributed by atoms with E-state index in [9.17, 15) is 10.1 Å². The number of aliphatic hydroxyl groups is 1. The van der Waals surface area contributed by atoms with Crippen LogP contribution in [-0.4, -0.2) is 78.3 Å². The Morgan fingerprint density at radius 2 is 1.97 bits per heavy atom. The van der Waals surface area contributed by atoms with Crippen molar-refractivity contribution in [3.63, 3.8) is 0 Å². The number of guanidine groups is 1. The molecule has 4 N–H and O–H groups in total. The van der Waals surface area contributed by atoms with Gasteiger partial charge in [0.2, 0.25) is 5.96 Å². The molecule has 0 aliphatic carbocycles. The van der Waals surface area contributed by atoms with Gasteiger partial charge >= 0.3 is 6.03 Å². The van der Waals surface area contributed by atoms with Crippen molar-refractivity contribution in [2.75, 3.05) is 57.1 Å². The minimum atomic E-state index is -0.410. The van der Waals surface area contributed by atoms with E-state index >= 15 is 0 Å². The fourth-order valence-corrected chi connectivity index (χ4v) is 4.12. The number of rotatable bonds is 8. The lowest BCUT2D eigenvalue weighted by Crippen LogP contribution is -2.52. The lowest BCUT2D eigenvalue weighted by Gasteiger charge is -2.35. The first-order valence-electron chi connectivity index (χ1n) is 12.1. The van der Waals surface area contributed by atoms with E-state index in [0.29, 0.717) is 55.0 Å². The first-order chi connectivity index (χ1) is 18.6. The third-order valence-electron chi connectivity index (χ3n) is 6.01. The number of β-amino-alcohol motifs (C(OH)–C–C–N with tert-alkyl or cyclic N) is 1. The lowest BCUT2D eigenvalue weighted by atomic mass is 10.1. The van der Waals surface area contributed by atoms with Gasteiger partial charge in [-0.2, -0.15) is 5.26 Å². The lowest BCUT2D eigenvalue weighted by molar-refractivity contribution is 0.146. The summed E-state index contributed by atoms with van der Waals surface area (Å²) in [4.78, 5) is 25.4. The predicted octanol–water partition coefficient (Wildman–Crippen LogP) is 2.53. The zero-order valence-corrected chi connectivity index (χ0v) is 21.1. The Hall–Kier alpha value is -4.60. The number of carbonyl (C=O) groups excluding carboxylic acids is 1. The van der Waals surface area contributed by atoms with Gasteiger partial charge in [-0.3, -0.25) is 10.2 Å². The van der Waals surface area contributed by atoms with Crippen LogP contribution in [0.4, 0.5) is 16.2 Å². The molecule has 3 aromatic rings. The molecule has 0 unspecified atom stereocenters. The van der Waals surface area contributed by atoms with Gasteiger partial charge in [-0.15, -0.1) is 0 Å².